The number of amides is 1. The average Bonchev–Trinajstić information content (AvgIpc) is 2.68. The van der Waals surface area contributed by atoms with Crippen molar-refractivity contribution in [2.45, 2.75) is 13.8 Å². The number of likely N-dealkylation sites (N-methyl/N-ethyl adjacent to an activating group) is 1. The molecule has 4 nitrogen and oxygen atoms in total. The summed E-state index contributed by atoms with van der Waals surface area (Å²) < 4.78 is 0. The number of Topliss-reactive ketones (excluding diaryl/α,β-unsaturated/α-hetero) is 1. The summed E-state index contributed by atoms with van der Waals surface area (Å²) in [6, 6.07) is 16.2. The van der Waals surface area contributed by atoms with Gasteiger partial charge in [-0.15, -0.1) is 0 Å². The summed E-state index contributed by atoms with van der Waals surface area (Å²) >= 11 is 0. The zero-order valence-corrected chi connectivity index (χ0v) is 17.6. The lowest BCUT2D eigenvalue weighted by Gasteiger charge is -2.30. The summed E-state index contributed by atoms with van der Waals surface area (Å²) in [4.78, 5) is 29.1. The molecule has 0 radical (unpaired) electrons. The predicted molar refractivity (Wildman–Crippen MR) is 118 cm³/mol. The molecular weight excluding hydrogens is 360 g/mol. The van der Waals surface area contributed by atoms with Gasteiger partial charge in [-0.3, -0.25) is 14.5 Å². The largest absolute Gasteiger partial charge is 0.348 e. The molecule has 0 unspecified atom stereocenters. The van der Waals surface area contributed by atoms with E-state index < -0.39 is 0 Å². The summed E-state index contributed by atoms with van der Waals surface area (Å²) in [5, 5.41) is 0. The highest BCUT2D eigenvalue weighted by Gasteiger charge is 2.27. The van der Waals surface area contributed by atoms with E-state index in [-0.39, 0.29) is 18.2 Å². The van der Waals surface area contributed by atoms with Crippen molar-refractivity contribution in [2.24, 2.45) is 0 Å². The van der Waals surface area contributed by atoms with Crippen LogP contribution in [0.3, 0.4) is 0 Å². The van der Waals surface area contributed by atoms with Crippen molar-refractivity contribution >= 4 is 23.8 Å². The molecule has 1 fully saturated rings. The molecule has 1 aliphatic heterocycles. The van der Waals surface area contributed by atoms with Gasteiger partial charge in [0.25, 0.3) is 0 Å². The first-order valence-corrected chi connectivity index (χ1v) is 9.83. The van der Waals surface area contributed by atoms with Crippen LogP contribution in [0.1, 0.15) is 22.3 Å². The van der Waals surface area contributed by atoms with Crippen molar-refractivity contribution in [3.05, 3.63) is 81.9 Å². The molecule has 1 aliphatic rings. The predicted octanol–water partition coefficient (Wildman–Crippen LogP) is 3.74. The van der Waals surface area contributed by atoms with Crippen LogP contribution < -0.4 is 0 Å². The van der Waals surface area contributed by atoms with E-state index in [1.165, 1.54) is 11.1 Å². The van der Waals surface area contributed by atoms with Crippen molar-refractivity contribution in [2.75, 3.05) is 33.7 Å². The highest BCUT2D eigenvalue weighted by Crippen LogP contribution is 2.22. The van der Waals surface area contributed by atoms with Crippen molar-refractivity contribution in [3.63, 3.8) is 0 Å². The molecule has 0 N–H and O–H groups in total. The smallest absolute Gasteiger partial charge is 0.236 e. The number of benzene rings is 2. The van der Waals surface area contributed by atoms with E-state index in [0.717, 1.165) is 11.1 Å². The molecule has 1 saturated heterocycles. The fraction of sp³-hybridized carbons (Fsp3) is 0.280. The number of rotatable bonds is 4. The van der Waals surface area contributed by atoms with E-state index in [2.05, 4.69) is 0 Å². The molecule has 0 bridgehead atoms. The molecule has 3 rings (SSSR count). The second-order valence-electron chi connectivity index (χ2n) is 7.92. The van der Waals surface area contributed by atoms with Gasteiger partial charge < -0.3 is 4.90 Å². The quantitative estimate of drug-likeness (QED) is 0.749. The third kappa shape index (κ3) is 5.52. The molecule has 29 heavy (non-hydrogen) atoms. The summed E-state index contributed by atoms with van der Waals surface area (Å²) in [7, 11) is 3.51. The maximum atomic E-state index is 13.2. The van der Waals surface area contributed by atoms with Crippen LogP contribution in [0, 0.1) is 13.8 Å². The van der Waals surface area contributed by atoms with Gasteiger partial charge in [0.05, 0.1) is 6.54 Å². The number of ketones is 1. The zero-order valence-electron chi connectivity index (χ0n) is 17.6. The maximum absolute atomic E-state index is 13.2. The monoisotopic (exact) mass is 388 g/mol. The fourth-order valence-corrected chi connectivity index (χ4v) is 3.28. The van der Waals surface area contributed by atoms with E-state index in [0.29, 0.717) is 24.2 Å². The first kappa shape index (κ1) is 20.7. The zero-order chi connectivity index (χ0) is 21.0. The van der Waals surface area contributed by atoms with E-state index >= 15 is 0 Å². The third-order valence-corrected chi connectivity index (χ3v) is 5.07. The van der Waals surface area contributed by atoms with Gasteiger partial charge in [-0.05, 0) is 37.1 Å². The Hall–Kier alpha value is -2.98. The Kier molecular flexibility index (Phi) is 6.45. The topological polar surface area (TPSA) is 40.6 Å². The molecule has 1 amide bonds. The Labute approximate surface area is 173 Å². The van der Waals surface area contributed by atoms with E-state index in [9.17, 15) is 9.59 Å². The molecule has 2 aromatic rings. The van der Waals surface area contributed by atoms with Crippen LogP contribution in [0.5, 0.6) is 0 Å². The minimum atomic E-state index is 0.0312. The normalized spacial score (nSPS) is 17.7. The third-order valence-electron chi connectivity index (χ3n) is 5.07. The Morgan fingerprint density at radius 3 is 1.66 bits per heavy atom. The number of carbonyl (C=O) groups excluding carboxylic acids is 2. The molecule has 0 aromatic heterocycles. The van der Waals surface area contributed by atoms with Crippen molar-refractivity contribution < 1.29 is 9.59 Å². The SMILES string of the molecule is Cc1ccc(C=C2CN(CC(=O)N(C)C)CC(=Cc3ccc(C)cc3)C2=O)cc1. The number of aryl methyl sites for hydroxylation is 2. The van der Waals surface area contributed by atoms with Gasteiger partial charge in [0.2, 0.25) is 5.91 Å². The number of piperidine rings is 1. The lowest BCUT2D eigenvalue weighted by atomic mass is 9.94. The first-order valence-electron chi connectivity index (χ1n) is 9.83. The van der Waals surface area contributed by atoms with Crippen molar-refractivity contribution in [1.29, 1.82) is 0 Å². The van der Waals surface area contributed by atoms with Crippen LogP contribution in [0.4, 0.5) is 0 Å². The minimum absolute atomic E-state index is 0.0312. The molecule has 2 aromatic carbocycles. The van der Waals surface area contributed by atoms with Crippen LogP contribution in [-0.4, -0.2) is 55.2 Å². The van der Waals surface area contributed by atoms with E-state index in [4.69, 9.17) is 0 Å². The summed E-state index contributed by atoms with van der Waals surface area (Å²) in [5.74, 6) is 0.0865. The number of carbonyl (C=O) groups is 2. The lowest BCUT2D eigenvalue weighted by molar-refractivity contribution is -0.130. The fourth-order valence-electron chi connectivity index (χ4n) is 3.28. The molecule has 0 atom stereocenters. The molecule has 1 heterocycles. The summed E-state index contributed by atoms with van der Waals surface area (Å²) in [6.07, 6.45) is 3.88. The Morgan fingerprint density at radius 2 is 1.28 bits per heavy atom. The number of hydrogen-bond donors (Lipinski definition) is 0. The van der Waals surface area contributed by atoms with Gasteiger partial charge in [-0.1, -0.05) is 59.7 Å². The summed E-state index contributed by atoms with van der Waals surface area (Å²) in [5.41, 5.74) is 5.78. The van der Waals surface area contributed by atoms with Crippen LogP contribution in [0.25, 0.3) is 12.2 Å². The van der Waals surface area contributed by atoms with Crippen LogP contribution in [-0.2, 0) is 9.59 Å². The Balaban J connectivity index is 1.94. The number of hydrogen-bond acceptors (Lipinski definition) is 3. The van der Waals surface area contributed by atoms with Crippen molar-refractivity contribution in [3.8, 4) is 0 Å². The number of nitrogens with zero attached hydrogens (tertiary/aromatic N) is 2. The van der Waals surface area contributed by atoms with Gasteiger partial charge in [0, 0.05) is 38.3 Å². The molecule has 0 aliphatic carbocycles. The number of likely N-dealkylation sites (tertiary alicyclic amines) is 1. The molecule has 4 heteroatoms. The van der Waals surface area contributed by atoms with Gasteiger partial charge in [0.1, 0.15) is 0 Å². The second-order valence-corrected chi connectivity index (χ2v) is 7.92. The van der Waals surface area contributed by atoms with Gasteiger partial charge in [-0.25, -0.2) is 0 Å². The van der Waals surface area contributed by atoms with Crippen LogP contribution in [0.2, 0.25) is 0 Å². The van der Waals surface area contributed by atoms with Gasteiger partial charge >= 0.3 is 0 Å². The van der Waals surface area contributed by atoms with Crippen LogP contribution in [0.15, 0.2) is 59.7 Å². The standard InChI is InChI=1S/C25H28N2O2/c1-18-5-9-20(10-6-18)13-22-15-27(17-24(28)26(3)4)16-23(25(22)29)14-21-11-7-19(2)8-12-21/h5-14H,15-17H2,1-4H3. The molecule has 0 saturated carbocycles. The molecule has 0 spiro atoms. The van der Waals surface area contributed by atoms with E-state index in [1.54, 1.807) is 19.0 Å². The highest BCUT2D eigenvalue weighted by molar-refractivity contribution is 6.14. The Bertz CT molecular complexity index is 884. The van der Waals surface area contributed by atoms with Crippen LogP contribution >= 0.6 is 0 Å². The average molecular weight is 389 g/mol. The molecular formula is C25H28N2O2. The lowest BCUT2D eigenvalue weighted by Crippen LogP contribution is -2.43. The summed E-state index contributed by atoms with van der Waals surface area (Å²) in [6.45, 7) is 5.31. The van der Waals surface area contributed by atoms with Gasteiger partial charge in [-0.2, -0.15) is 0 Å². The first-order chi connectivity index (χ1) is 13.8. The van der Waals surface area contributed by atoms with E-state index in [1.807, 2.05) is 79.4 Å². The minimum Gasteiger partial charge on any atom is -0.348 e. The second kappa shape index (κ2) is 9.01. The van der Waals surface area contributed by atoms with Gasteiger partial charge in [0.15, 0.2) is 5.78 Å². The molecule has 150 valence electrons. The van der Waals surface area contributed by atoms with Crippen molar-refractivity contribution in [1.82, 2.24) is 9.80 Å². The Morgan fingerprint density at radius 1 is 0.862 bits per heavy atom. The highest BCUT2D eigenvalue weighted by atomic mass is 16.2. The maximum Gasteiger partial charge on any atom is 0.236 e.